The molecular formula is C13H24N2O3. The molecule has 5 heteroatoms. The summed E-state index contributed by atoms with van der Waals surface area (Å²) in [6.45, 7) is 8.25. The van der Waals surface area contributed by atoms with Crippen molar-refractivity contribution in [2.75, 3.05) is 14.1 Å². The van der Waals surface area contributed by atoms with Gasteiger partial charge in [-0.1, -0.05) is 6.92 Å². The van der Waals surface area contributed by atoms with E-state index in [-0.39, 0.29) is 29.8 Å². The second-order valence-electron chi connectivity index (χ2n) is 5.86. The number of hydrogen-bond acceptors (Lipinski definition) is 3. The van der Waals surface area contributed by atoms with Gasteiger partial charge in [-0.05, 0) is 33.7 Å². The van der Waals surface area contributed by atoms with Gasteiger partial charge in [-0.25, -0.2) is 0 Å². The molecule has 0 aliphatic carbocycles. The lowest BCUT2D eigenvalue weighted by molar-refractivity contribution is -0.145. The van der Waals surface area contributed by atoms with Gasteiger partial charge in [0.1, 0.15) is 6.04 Å². The highest BCUT2D eigenvalue weighted by molar-refractivity contribution is 5.86. The molecule has 0 aromatic carbocycles. The molecule has 0 aromatic rings. The number of aliphatic carboxylic acids is 1. The maximum Gasteiger partial charge on any atom is 0.305 e. The second-order valence-corrected chi connectivity index (χ2v) is 5.86. The quantitative estimate of drug-likeness (QED) is 0.802. The maximum absolute atomic E-state index is 12.4. The van der Waals surface area contributed by atoms with Crippen molar-refractivity contribution in [3.63, 3.8) is 0 Å². The van der Waals surface area contributed by atoms with Crippen LogP contribution in [0.25, 0.3) is 0 Å². The summed E-state index contributed by atoms with van der Waals surface area (Å²) < 4.78 is 0. The molecule has 104 valence electrons. The highest BCUT2D eigenvalue weighted by Crippen LogP contribution is 2.34. The molecule has 5 nitrogen and oxygen atoms in total. The van der Waals surface area contributed by atoms with Crippen LogP contribution >= 0.6 is 0 Å². The first-order valence-corrected chi connectivity index (χ1v) is 6.32. The van der Waals surface area contributed by atoms with Gasteiger partial charge in [0.25, 0.3) is 0 Å². The molecule has 0 aromatic heterocycles. The molecule has 0 spiro atoms. The number of amides is 1. The molecule has 1 heterocycles. The van der Waals surface area contributed by atoms with Gasteiger partial charge in [0.05, 0.1) is 6.42 Å². The van der Waals surface area contributed by atoms with Crippen LogP contribution in [0.15, 0.2) is 0 Å². The van der Waals surface area contributed by atoms with Crippen LogP contribution in [-0.4, -0.2) is 58.5 Å². The topological polar surface area (TPSA) is 60.9 Å². The number of likely N-dealkylation sites (N-methyl/N-ethyl adjacent to an activating group) is 2. The summed E-state index contributed by atoms with van der Waals surface area (Å²) in [5.74, 6) is -0.785. The SMILES string of the molecule is CC1C(C)C(C)(C)N(C)C(CC(=O)O)C(=O)N1C. The molecule has 1 amide bonds. The first kappa shape index (κ1) is 15.0. The van der Waals surface area contributed by atoms with E-state index in [9.17, 15) is 9.59 Å². The summed E-state index contributed by atoms with van der Waals surface area (Å²) >= 11 is 0. The number of carboxylic acid groups (broad SMARTS) is 1. The van der Waals surface area contributed by atoms with E-state index in [2.05, 4.69) is 20.8 Å². The molecule has 3 atom stereocenters. The molecule has 1 N–H and O–H groups in total. The van der Waals surface area contributed by atoms with Gasteiger partial charge in [-0.3, -0.25) is 14.5 Å². The van der Waals surface area contributed by atoms with Crippen molar-refractivity contribution in [1.82, 2.24) is 9.80 Å². The van der Waals surface area contributed by atoms with E-state index in [4.69, 9.17) is 5.11 Å². The average molecular weight is 256 g/mol. The molecule has 18 heavy (non-hydrogen) atoms. The molecule has 1 aliphatic heterocycles. The highest BCUT2D eigenvalue weighted by atomic mass is 16.4. The van der Waals surface area contributed by atoms with Gasteiger partial charge >= 0.3 is 5.97 Å². The Balaban J connectivity index is 3.18. The van der Waals surface area contributed by atoms with Crippen molar-refractivity contribution in [2.24, 2.45) is 5.92 Å². The maximum atomic E-state index is 12.4. The number of nitrogens with zero attached hydrogens (tertiary/aromatic N) is 2. The van der Waals surface area contributed by atoms with Crippen molar-refractivity contribution >= 4 is 11.9 Å². The monoisotopic (exact) mass is 256 g/mol. The molecule has 1 rings (SSSR count). The lowest BCUT2D eigenvalue weighted by atomic mass is 9.82. The van der Waals surface area contributed by atoms with Crippen molar-refractivity contribution < 1.29 is 14.7 Å². The predicted octanol–water partition coefficient (Wildman–Crippen LogP) is 1.04. The Labute approximate surface area is 109 Å². The zero-order valence-corrected chi connectivity index (χ0v) is 12.1. The van der Waals surface area contributed by atoms with Gasteiger partial charge in [-0.15, -0.1) is 0 Å². The Kier molecular flexibility index (Phi) is 4.05. The molecule has 1 saturated heterocycles. The summed E-state index contributed by atoms with van der Waals surface area (Å²) in [7, 11) is 3.60. The van der Waals surface area contributed by atoms with Crippen LogP contribution in [0.4, 0.5) is 0 Å². The van der Waals surface area contributed by atoms with Gasteiger partial charge in [0.2, 0.25) is 5.91 Å². The van der Waals surface area contributed by atoms with E-state index in [1.54, 1.807) is 11.9 Å². The van der Waals surface area contributed by atoms with Crippen molar-refractivity contribution in [2.45, 2.75) is 51.7 Å². The minimum atomic E-state index is -0.938. The van der Waals surface area contributed by atoms with Crippen LogP contribution < -0.4 is 0 Å². The van der Waals surface area contributed by atoms with Crippen LogP contribution in [0.5, 0.6) is 0 Å². The zero-order valence-electron chi connectivity index (χ0n) is 12.1. The lowest BCUT2D eigenvalue weighted by Crippen LogP contribution is -2.53. The molecule has 1 aliphatic rings. The fourth-order valence-corrected chi connectivity index (χ4v) is 2.64. The van der Waals surface area contributed by atoms with E-state index in [1.807, 2.05) is 18.9 Å². The molecule has 0 saturated carbocycles. The molecule has 0 radical (unpaired) electrons. The van der Waals surface area contributed by atoms with Gasteiger partial charge < -0.3 is 10.0 Å². The zero-order chi connectivity index (χ0) is 14.2. The molecule has 1 fully saturated rings. The highest BCUT2D eigenvalue weighted by Gasteiger charge is 2.46. The van der Waals surface area contributed by atoms with Crippen molar-refractivity contribution in [1.29, 1.82) is 0 Å². The minimum Gasteiger partial charge on any atom is -0.481 e. The van der Waals surface area contributed by atoms with E-state index in [1.165, 1.54) is 0 Å². The predicted molar refractivity (Wildman–Crippen MR) is 69.3 cm³/mol. The normalized spacial score (nSPS) is 33.3. The Morgan fingerprint density at radius 2 is 1.83 bits per heavy atom. The number of carboxylic acids is 1. The third-order valence-electron chi connectivity index (χ3n) is 4.83. The van der Waals surface area contributed by atoms with Gasteiger partial charge in [0, 0.05) is 18.6 Å². The van der Waals surface area contributed by atoms with Crippen molar-refractivity contribution in [3.8, 4) is 0 Å². The summed E-state index contributed by atoms with van der Waals surface area (Å²) in [6.07, 6.45) is -0.150. The second kappa shape index (κ2) is 4.88. The van der Waals surface area contributed by atoms with E-state index >= 15 is 0 Å². The molecule has 0 bridgehead atoms. The molecule has 3 unspecified atom stereocenters. The number of rotatable bonds is 2. The Hall–Kier alpha value is -1.10. The summed E-state index contributed by atoms with van der Waals surface area (Å²) in [5.41, 5.74) is -0.222. The number of carbonyl (C=O) groups is 2. The summed E-state index contributed by atoms with van der Waals surface area (Å²) in [4.78, 5) is 26.9. The average Bonchev–Trinajstić information content (AvgIpc) is 2.32. The first-order valence-electron chi connectivity index (χ1n) is 6.32. The minimum absolute atomic E-state index is 0.0914. The number of carbonyl (C=O) groups excluding carboxylic acids is 1. The Bertz CT molecular complexity index is 354. The standard InChI is InChI=1S/C13H24N2O3/c1-8-9(2)14(5)12(18)10(7-11(16)17)15(6)13(8,3)4/h8-10H,7H2,1-6H3,(H,16,17). The summed E-state index contributed by atoms with van der Waals surface area (Å²) in [6, 6.07) is -0.497. The smallest absolute Gasteiger partial charge is 0.305 e. The third kappa shape index (κ3) is 2.36. The fraction of sp³-hybridized carbons (Fsp3) is 0.846. The van der Waals surface area contributed by atoms with Crippen LogP contribution in [0.1, 0.15) is 34.1 Å². The third-order valence-corrected chi connectivity index (χ3v) is 4.83. The van der Waals surface area contributed by atoms with E-state index in [0.29, 0.717) is 0 Å². The Morgan fingerprint density at radius 1 is 1.33 bits per heavy atom. The Morgan fingerprint density at radius 3 is 2.28 bits per heavy atom. The first-order chi connectivity index (χ1) is 8.10. The van der Waals surface area contributed by atoms with Crippen LogP contribution in [0.3, 0.4) is 0 Å². The van der Waals surface area contributed by atoms with Crippen LogP contribution in [-0.2, 0) is 9.59 Å². The van der Waals surface area contributed by atoms with Crippen molar-refractivity contribution in [3.05, 3.63) is 0 Å². The lowest BCUT2D eigenvalue weighted by Gasteiger charge is -2.42. The van der Waals surface area contributed by atoms with Gasteiger partial charge in [0.15, 0.2) is 0 Å². The number of hydrogen-bond donors (Lipinski definition) is 1. The van der Waals surface area contributed by atoms with Crippen LogP contribution in [0, 0.1) is 5.92 Å². The van der Waals surface area contributed by atoms with E-state index < -0.39 is 12.0 Å². The summed E-state index contributed by atoms with van der Waals surface area (Å²) in [5, 5.41) is 8.98. The molecular weight excluding hydrogens is 232 g/mol. The van der Waals surface area contributed by atoms with E-state index in [0.717, 1.165) is 0 Å². The largest absolute Gasteiger partial charge is 0.481 e. The van der Waals surface area contributed by atoms with Crippen LogP contribution in [0.2, 0.25) is 0 Å². The fourth-order valence-electron chi connectivity index (χ4n) is 2.64. The van der Waals surface area contributed by atoms with Gasteiger partial charge in [-0.2, -0.15) is 0 Å².